The molecule has 2 aromatic rings. The summed E-state index contributed by atoms with van der Waals surface area (Å²) in [6.45, 7) is 1.45. The molecular formula is C15H17N3O2. The first kappa shape index (κ1) is 12.9. The zero-order valence-electron chi connectivity index (χ0n) is 11.2. The fraction of sp³-hybridized carbons (Fsp3) is 0.333. The van der Waals surface area contributed by atoms with E-state index in [0.717, 1.165) is 30.9 Å². The highest BCUT2D eigenvalue weighted by molar-refractivity contribution is 5.55. The first-order valence-electron chi connectivity index (χ1n) is 6.79. The summed E-state index contributed by atoms with van der Waals surface area (Å²) in [5, 5.41) is 3.14. The Bertz CT molecular complexity index is 542. The van der Waals surface area contributed by atoms with Crippen LogP contribution in [-0.4, -0.2) is 29.3 Å². The third-order valence-electron chi connectivity index (χ3n) is 3.12. The molecule has 0 amide bonds. The van der Waals surface area contributed by atoms with Crippen molar-refractivity contribution in [2.75, 3.05) is 18.5 Å². The normalized spacial score (nSPS) is 17.9. The molecule has 5 heteroatoms. The molecule has 20 heavy (non-hydrogen) atoms. The van der Waals surface area contributed by atoms with Gasteiger partial charge in [-0.25, -0.2) is 9.97 Å². The van der Waals surface area contributed by atoms with E-state index in [2.05, 4.69) is 15.3 Å². The summed E-state index contributed by atoms with van der Waals surface area (Å²) >= 11 is 0. The summed E-state index contributed by atoms with van der Waals surface area (Å²) < 4.78 is 11.3. The van der Waals surface area contributed by atoms with E-state index in [1.165, 1.54) is 0 Å². The molecule has 104 valence electrons. The highest BCUT2D eigenvalue weighted by Gasteiger charge is 2.15. The topological polar surface area (TPSA) is 56.3 Å². The monoisotopic (exact) mass is 271 g/mol. The Hall–Kier alpha value is -2.14. The molecule has 1 aromatic carbocycles. The molecule has 1 N–H and O–H groups in total. The van der Waals surface area contributed by atoms with Gasteiger partial charge in [-0.2, -0.15) is 0 Å². The first-order chi connectivity index (χ1) is 9.90. The van der Waals surface area contributed by atoms with Crippen molar-refractivity contribution in [3.05, 3.63) is 42.7 Å². The first-order valence-corrected chi connectivity index (χ1v) is 6.79. The highest BCUT2D eigenvalue weighted by Crippen LogP contribution is 2.21. The summed E-state index contributed by atoms with van der Waals surface area (Å²) in [6.07, 6.45) is 5.83. The number of aromatic nitrogens is 2. The zero-order valence-corrected chi connectivity index (χ0v) is 11.2. The van der Waals surface area contributed by atoms with E-state index in [-0.39, 0.29) is 6.10 Å². The average Bonchev–Trinajstić information content (AvgIpc) is 3.00. The maximum absolute atomic E-state index is 5.76. The molecule has 0 saturated carbocycles. The number of hydrogen-bond donors (Lipinski definition) is 1. The molecule has 1 aromatic heterocycles. The van der Waals surface area contributed by atoms with Gasteiger partial charge in [0.15, 0.2) is 0 Å². The number of nitrogens with zero attached hydrogens (tertiary/aromatic N) is 2. The summed E-state index contributed by atoms with van der Waals surface area (Å²) in [4.78, 5) is 8.26. The SMILES string of the molecule is c1cnc(Nc2cccc(OCC3CCCO3)c2)nc1. The minimum Gasteiger partial charge on any atom is -0.491 e. The van der Waals surface area contributed by atoms with Gasteiger partial charge in [0.2, 0.25) is 5.95 Å². The fourth-order valence-electron chi connectivity index (χ4n) is 2.12. The molecule has 1 aliphatic heterocycles. The largest absolute Gasteiger partial charge is 0.491 e. The number of ether oxygens (including phenoxy) is 2. The van der Waals surface area contributed by atoms with Crippen molar-refractivity contribution >= 4 is 11.6 Å². The van der Waals surface area contributed by atoms with Gasteiger partial charge in [0.25, 0.3) is 0 Å². The number of hydrogen-bond acceptors (Lipinski definition) is 5. The average molecular weight is 271 g/mol. The molecule has 1 atom stereocenters. The second kappa shape index (κ2) is 6.34. The third kappa shape index (κ3) is 3.45. The van der Waals surface area contributed by atoms with Crippen LogP contribution < -0.4 is 10.1 Å². The van der Waals surface area contributed by atoms with Crippen molar-refractivity contribution in [2.24, 2.45) is 0 Å². The second-order valence-corrected chi connectivity index (χ2v) is 4.67. The number of benzene rings is 1. The van der Waals surface area contributed by atoms with Crippen molar-refractivity contribution in [1.82, 2.24) is 9.97 Å². The van der Waals surface area contributed by atoms with Gasteiger partial charge in [-0.15, -0.1) is 0 Å². The Morgan fingerprint density at radius 2 is 2.15 bits per heavy atom. The molecule has 2 heterocycles. The Labute approximate surface area is 118 Å². The van der Waals surface area contributed by atoms with Gasteiger partial charge in [-0.3, -0.25) is 0 Å². The van der Waals surface area contributed by atoms with Crippen molar-refractivity contribution < 1.29 is 9.47 Å². The van der Waals surface area contributed by atoms with Crippen LogP contribution in [0.1, 0.15) is 12.8 Å². The molecule has 0 bridgehead atoms. The van der Waals surface area contributed by atoms with Crippen molar-refractivity contribution in [3.63, 3.8) is 0 Å². The van der Waals surface area contributed by atoms with E-state index in [1.54, 1.807) is 18.5 Å². The lowest BCUT2D eigenvalue weighted by Crippen LogP contribution is -2.16. The lowest BCUT2D eigenvalue weighted by Gasteiger charge is -2.12. The molecule has 5 nitrogen and oxygen atoms in total. The van der Waals surface area contributed by atoms with Crippen LogP contribution >= 0.6 is 0 Å². The lowest BCUT2D eigenvalue weighted by atomic mass is 10.2. The van der Waals surface area contributed by atoms with Crippen LogP contribution in [0.2, 0.25) is 0 Å². The van der Waals surface area contributed by atoms with Gasteiger partial charge in [0, 0.05) is 30.8 Å². The second-order valence-electron chi connectivity index (χ2n) is 4.67. The number of anilines is 2. The molecule has 0 spiro atoms. The van der Waals surface area contributed by atoms with Crippen molar-refractivity contribution in [2.45, 2.75) is 18.9 Å². The van der Waals surface area contributed by atoms with Crippen LogP contribution in [0.25, 0.3) is 0 Å². The van der Waals surface area contributed by atoms with Crippen LogP contribution in [0.15, 0.2) is 42.7 Å². The van der Waals surface area contributed by atoms with Crippen LogP contribution in [0.5, 0.6) is 5.75 Å². The van der Waals surface area contributed by atoms with Crippen LogP contribution in [0, 0.1) is 0 Å². The maximum Gasteiger partial charge on any atom is 0.227 e. The summed E-state index contributed by atoms with van der Waals surface area (Å²) in [6, 6.07) is 9.55. The van der Waals surface area contributed by atoms with Gasteiger partial charge in [-0.1, -0.05) is 6.07 Å². The van der Waals surface area contributed by atoms with Gasteiger partial charge >= 0.3 is 0 Å². The molecule has 1 saturated heterocycles. The summed E-state index contributed by atoms with van der Waals surface area (Å²) in [5.74, 6) is 1.39. The number of rotatable bonds is 5. The highest BCUT2D eigenvalue weighted by atomic mass is 16.5. The molecule has 3 rings (SSSR count). The standard InChI is InChI=1S/C15H17N3O2/c1-4-12(18-15-16-7-3-8-17-15)10-13(5-1)20-11-14-6-2-9-19-14/h1,3-5,7-8,10,14H,2,6,9,11H2,(H,16,17,18). The van der Waals surface area contributed by atoms with E-state index >= 15 is 0 Å². The zero-order chi connectivity index (χ0) is 13.6. The Morgan fingerprint density at radius 1 is 1.25 bits per heavy atom. The van der Waals surface area contributed by atoms with Gasteiger partial charge < -0.3 is 14.8 Å². The Morgan fingerprint density at radius 3 is 2.95 bits per heavy atom. The van der Waals surface area contributed by atoms with Crippen molar-refractivity contribution in [1.29, 1.82) is 0 Å². The number of nitrogens with one attached hydrogen (secondary N) is 1. The van der Waals surface area contributed by atoms with Crippen molar-refractivity contribution in [3.8, 4) is 5.75 Å². The van der Waals surface area contributed by atoms with Gasteiger partial charge in [0.05, 0.1) is 6.10 Å². The summed E-state index contributed by atoms with van der Waals surface area (Å²) in [7, 11) is 0. The minimum absolute atomic E-state index is 0.226. The fourth-order valence-corrected chi connectivity index (χ4v) is 2.12. The van der Waals surface area contributed by atoms with E-state index in [0.29, 0.717) is 12.6 Å². The molecule has 0 aliphatic carbocycles. The van der Waals surface area contributed by atoms with E-state index < -0.39 is 0 Å². The van der Waals surface area contributed by atoms with E-state index in [4.69, 9.17) is 9.47 Å². The Balaban J connectivity index is 1.60. The maximum atomic E-state index is 5.76. The smallest absolute Gasteiger partial charge is 0.227 e. The molecule has 1 aliphatic rings. The lowest BCUT2D eigenvalue weighted by molar-refractivity contribution is 0.0680. The van der Waals surface area contributed by atoms with Gasteiger partial charge in [0.1, 0.15) is 12.4 Å². The quantitative estimate of drug-likeness (QED) is 0.906. The van der Waals surface area contributed by atoms with E-state index in [1.807, 2.05) is 24.3 Å². The molecular weight excluding hydrogens is 254 g/mol. The molecule has 1 fully saturated rings. The van der Waals surface area contributed by atoms with E-state index in [9.17, 15) is 0 Å². The predicted octanol–water partition coefficient (Wildman–Crippen LogP) is 2.78. The van der Waals surface area contributed by atoms with Crippen LogP contribution in [-0.2, 0) is 4.74 Å². The summed E-state index contributed by atoms with van der Waals surface area (Å²) in [5.41, 5.74) is 0.904. The molecule has 0 radical (unpaired) electrons. The molecule has 1 unspecified atom stereocenters. The van der Waals surface area contributed by atoms with Crippen LogP contribution in [0.3, 0.4) is 0 Å². The Kier molecular flexibility index (Phi) is 4.08. The minimum atomic E-state index is 0.226. The third-order valence-corrected chi connectivity index (χ3v) is 3.12. The predicted molar refractivity (Wildman–Crippen MR) is 76.2 cm³/mol. The van der Waals surface area contributed by atoms with Gasteiger partial charge in [-0.05, 0) is 31.0 Å². The van der Waals surface area contributed by atoms with Crippen LogP contribution in [0.4, 0.5) is 11.6 Å².